The number of ether oxygens (including phenoxy) is 1. The maximum atomic E-state index is 6.62. The lowest BCUT2D eigenvalue weighted by Crippen LogP contribution is -2.44. The highest BCUT2D eigenvalue weighted by molar-refractivity contribution is 5.83. The molecular weight excluding hydrogens is 580 g/mol. The number of rotatable bonds is 11. The van der Waals surface area contributed by atoms with Crippen molar-refractivity contribution in [3.8, 4) is 5.75 Å². The van der Waals surface area contributed by atoms with Crippen LogP contribution < -0.4 is 24.7 Å². The molecule has 2 fully saturated rings. The lowest BCUT2D eigenvalue weighted by Gasteiger charge is -2.38. The highest BCUT2D eigenvalue weighted by Crippen LogP contribution is 2.37. The molecule has 4 heterocycles. The topological polar surface area (TPSA) is 35.1 Å². The van der Waals surface area contributed by atoms with Crippen LogP contribution in [0.25, 0.3) is 16.5 Å². The Balaban J connectivity index is 0.974. The first-order chi connectivity index (χ1) is 22.9. The van der Waals surface area contributed by atoms with Crippen LogP contribution in [0.4, 0.5) is 11.4 Å². The Bertz CT molecular complexity index is 1600. The van der Waals surface area contributed by atoms with Gasteiger partial charge in [0.2, 0.25) is 0 Å². The molecule has 0 saturated carbocycles. The Hall–Kier alpha value is -3.25. The molecule has 0 aliphatic carbocycles. The lowest BCUT2D eigenvalue weighted by molar-refractivity contribution is 0.0312. The number of allylic oxidation sites excluding steroid dienone is 1. The van der Waals surface area contributed by atoms with Crippen LogP contribution in [0.15, 0.2) is 53.0 Å². The van der Waals surface area contributed by atoms with Gasteiger partial charge in [-0.2, -0.15) is 4.58 Å². The fourth-order valence-corrected chi connectivity index (χ4v) is 8.27. The molecule has 6 heteroatoms. The molecule has 3 aliphatic rings. The first-order valence-electron chi connectivity index (χ1n) is 18.8. The zero-order valence-corrected chi connectivity index (χ0v) is 30.1. The molecular formula is C41H59N4O2+. The Labute approximate surface area is 283 Å². The minimum atomic E-state index is 0.0585. The second-order valence-corrected chi connectivity index (χ2v) is 14.2. The summed E-state index contributed by atoms with van der Waals surface area (Å²) >= 11 is 0. The normalized spacial score (nSPS) is 20.6. The first kappa shape index (κ1) is 33.6. The molecule has 0 spiro atoms. The van der Waals surface area contributed by atoms with Gasteiger partial charge in [-0.1, -0.05) is 12.8 Å². The van der Waals surface area contributed by atoms with Gasteiger partial charge in [-0.05, 0) is 114 Å². The van der Waals surface area contributed by atoms with Crippen LogP contribution in [-0.4, -0.2) is 63.5 Å². The number of piperidine rings is 2. The molecule has 1 aromatic heterocycles. The van der Waals surface area contributed by atoms with E-state index in [4.69, 9.17) is 9.15 Å². The van der Waals surface area contributed by atoms with Gasteiger partial charge in [-0.3, -0.25) is 4.90 Å². The van der Waals surface area contributed by atoms with E-state index in [0.29, 0.717) is 0 Å². The number of aryl methyl sites for hydroxylation is 1. The van der Waals surface area contributed by atoms with E-state index >= 15 is 0 Å². The Morgan fingerprint density at radius 3 is 2.04 bits per heavy atom. The summed E-state index contributed by atoms with van der Waals surface area (Å²) in [5, 5.41) is 1.22. The van der Waals surface area contributed by atoms with Crippen molar-refractivity contribution in [2.75, 3.05) is 62.2 Å². The van der Waals surface area contributed by atoms with Gasteiger partial charge in [0.15, 0.2) is 6.23 Å². The monoisotopic (exact) mass is 639 g/mol. The zero-order chi connectivity index (χ0) is 32.9. The average Bonchev–Trinajstić information content (AvgIpc) is 3.09. The van der Waals surface area contributed by atoms with E-state index in [0.717, 1.165) is 81.1 Å². The van der Waals surface area contributed by atoms with E-state index in [1.54, 1.807) is 0 Å². The Kier molecular flexibility index (Phi) is 11.0. The third-order valence-electron chi connectivity index (χ3n) is 11.4. The molecule has 0 bridgehead atoms. The summed E-state index contributed by atoms with van der Waals surface area (Å²) in [5.74, 6) is 2.73. The number of hydrogen-bond donors (Lipinski definition) is 0. The maximum Gasteiger partial charge on any atom is 0.368 e. The van der Waals surface area contributed by atoms with Gasteiger partial charge in [-0.15, -0.1) is 0 Å². The van der Waals surface area contributed by atoms with Crippen molar-refractivity contribution < 1.29 is 9.15 Å². The molecule has 1 unspecified atom stereocenters. The third-order valence-corrected chi connectivity index (χ3v) is 11.4. The van der Waals surface area contributed by atoms with Crippen molar-refractivity contribution in [1.82, 2.24) is 9.48 Å². The minimum Gasteiger partial charge on any atom is -0.471 e. The van der Waals surface area contributed by atoms with Crippen molar-refractivity contribution in [3.05, 3.63) is 65.2 Å². The summed E-state index contributed by atoms with van der Waals surface area (Å²) in [6.45, 7) is 21.8. The third kappa shape index (κ3) is 7.58. The fraction of sp³-hybridized carbons (Fsp3) is 0.585. The van der Waals surface area contributed by atoms with Crippen LogP contribution >= 0.6 is 0 Å². The molecule has 6 nitrogen and oxygen atoms in total. The average molecular weight is 640 g/mol. The van der Waals surface area contributed by atoms with E-state index in [-0.39, 0.29) is 6.23 Å². The van der Waals surface area contributed by atoms with Gasteiger partial charge < -0.3 is 19.0 Å². The summed E-state index contributed by atoms with van der Waals surface area (Å²) < 4.78 is 15.6. The fourth-order valence-electron chi connectivity index (χ4n) is 8.27. The molecule has 1 atom stereocenters. The van der Waals surface area contributed by atoms with Crippen LogP contribution in [0.2, 0.25) is 0 Å². The number of likely N-dealkylation sites (tertiary alicyclic amines) is 1. The summed E-state index contributed by atoms with van der Waals surface area (Å²) in [6.07, 6.45) is 11.6. The molecule has 0 radical (unpaired) electrons. The predicted octanol–water partition coefficient (Wildman–Crippen LogP) is 8.32. The van der Waals surface area contributed by atoms with Crippen molar-refractivity contribution >= 4 is 27.9 Å². The van der Waals surface area contributed by atoms with Crippen LogP contribution in [-0.2, 0) is 0 Å². The second kappa shape index (κ2) is 15.3. The van der Waals surface area contributed by atoms with Gasteiger partial charge in [0.05, 0.1) is 6.07 Å². The summed E-state index contributed by atoms with van der Waals surface area (Å²) in [5.41, 5.74) is 8.43. The molecule has 3 aliphatic heterocycles. The molecule has 2 aromatic carbocycles. The predicted molar refractivity (Wildman–Crippen MR) is 198 cm³/mol. The van der Waals surface area contributed by atoms with E-state index in [2.05, 4.69) is 109 Å². The van der Waals surface area contributed by atoms with E-state index < -0.39 is 0 Å². The van der Waals surface area contributed by atoms with E-state index in [1.807, 2.05) is 0 Å². The Morgan fingerprint density at radius 2 is 1.38 bits per heavy atom. The van der Waals surface area contributed by atoms with Crippen LogP contribution in [0.1, 0.15) is 90.7 Å². The summed E-state index contributed by atoms with van der Waals surface area (Å²) in [6, 6.07) is 15.7. The van der Waals surface area contributed by atoms with Gasteiger partial charge in [0.1, 0.15) is 24.4 Å². The van der Waals surface area contributed by atoms with Crippen molar-refractivity contribution in [2.45, 2.75) is 92.7 Å². The number of anilines is 2. The Morgan fingerprint density at radius 1 is 0.766 bits per heavy atom. The highest BCUT2D eigenvalue weighted by atomic mass is 16.5. The van der Waals surface area contributed by atoms with Crippen molar-refractivity contribution in [1.29, 1.82) is 0 Å². The summed E-state index contributed by atoms with van der Waals surface area (Å²) in [7, 11) is 0. The highest BCUT2D eigenvalue weighted by Gasteiger charge is 2.29. The van der Waals surface area contributed by atoms with Gasteiger partial charge in [0.25, 0.3) is 0 Å². The van der Waals surface area contributed by atoms with E-state index in [9.17, 15) is 0 Å². The van der Waals surface area contributed by atoms with Crippen molar-refractivity contribution in [3.63, 3.8) is 0 Å². The number of benzene rings is 2. The van der Waals surface area contributed by atoms with Crippen LogP contribution in [0, 0.1) is 18.8 Å². The maximum absolute atomic E-state index is 6.62. The zero-order valence-electron chi connectivity index (χ0n) is 30.1. The van der Waals surface area contributed by atoms with Gasteiger partial charge in [0, 0.05) is 86.6 Å². The molecule has 2 saturated heterocycles. The standard InChI is InChI=1S/C41H59N4O2/c1-7-42(8-2)34-14-16-36-30(5)26-40(46-38(36)28-34)44-22-18-32(19-23-44)12-11-13-33-20-24-45(25-21-33)41-27-31(6)37-17-15-35(29-39(37)47-41)43(9-3)10-4/h14-17,26-29,32-33,40H,7-13,18-25H2,1-6H3/q+1. The largest absolute Gasteiger partial charge is 0.471 e. The number of fused-ring (bicyclic) bond motifs is 2. The first-order valence-corrected chi connectivity index (χ1v) is 18.8. The molecule has 3 aromatic rings. The molecule has 47 heavy (non-hydrogen) atoms. The van der Waals surface area contributed by atoms with Crippen LogP contribution in [0.5, 0.6) is 5.75 Å². The van der Waals surface area contributed by atoms with Crippen molar-refractivity contribution in [2.24, 2.45) is 11.8 Å². The molecule has 254 valence electrons. The number of nitrogens with zero attached hydrogens (tertiary/aromatic N) is 4. The van der Waals surface area contributed by atoms with Crippen LogP contribution in [0.3, 0.4) is 0 Å². The van der Waals surface area contributed by atoms with Gasteiger partial charge in [-0.25, -0.2) is 0 Å². The summed E-state index contributed by atoms with van der Waals surface area (Å²) in [4.78, 5) is 7.34. The van der Waals surface area contributed by atoms with E-state index in [1.165, 1.54) is 78.4 Å². The SMILES string of the molecule is CCN(CC)c1ccc2c(c1)OC(N1CCC(CCCC3CC[N+](=c4cc(C)c5ccc(N(CC)CC)cc5o4)CC3)CC1)C=C2C. The van der Waals surface area contributed by atoms with Gasteiger partial charge >= 0.3 is 5.55 Å². The quantitative estimate of drug-likeness (QED) is 0.197. The molecule has 0 amide bonds. The molecule has 0 N–H and O–H groups in total. The number of hydrogen-bond acceptors (Lipinski definition) is 5. The minimum absolute atomic E-state index is 0.0585. The molecule has 6 rings (SSSR count). The smallest absolute Gasteiger partial charge is 0.368 e. The second-order valence-electron chi connectivity index (χ2n) is 14.2. The lowest BCUT2D eigenvalue weighted by atomic mass is 9.87.